The number of H-pyrrole nitrogens is 2. The van der Waals surface area contributed by atoms with Crippen LogP contribution in [-0.4, -0.2) is 41.2 Å². The number of hydrogen-bond donors (Lipinski definition) is 3. The largest absolute Gasteiger partial charge is 0.416 e. The summed E-state index contributed by atoms with van der Waals surface area (Å²) >= 11 is 0. The van der Waals surface area contributed by atoms with Gasteiger partial charge in [0.2, 0.25) is 0 Å². The molecule has 0 aliphatic rings. The first-order valence-corrected chi connectivity index (χ1v) is 8.84. The van der Waals surface area contributed by atoms with Crippen LogP contribution < -0.4 is 5.32 Å². The molecule has 0 fully saturated rings. The van der Waals surface area contributed by atoms with E-state index in [1.165, 1.54) is 24.7 Å². The molecule has 156 valence electrons. The Balaban J connectivity index is 1.33. The minimum absolute atomic E-state index is 0.00757. The average Bonchev–Trinajstić information content (AvgIpc) is 3.49. The molecule has 4 heterocycles. The first-order chi connectivity index (χ1) is 14.9. The minimum Gasteiger partial charge on any atom is -0.359 e. The van der Waals surface area contributed by atoms with E-state index in [9.17, 15) is 18.0 Å². The van der Waals surface area contributed by atoms with Crippen LogP contribution in [0.4, 0.5) is 13.2 Å². The standard InChI is InChI=1S/C18H11F3N8O2/c19-18(20,21)8-1-2-11-12(3-8)27-16(26-11)13-4-9(31-29-13)5-22-17(30)14-10-6-25-28-15(10)24-7-23-14/h1-4,6-7H,5H2,(H,22,30)(H,26,27)(H,23,24,25,28). The number of halogens is 3. The summed E-state index contributed by atoms with van der Waals surface area (Å²) < 4.78 is 43.8. The van der Waals surface area contributed by atoms with Crippen LogP contribution in [0.1, 0.15) is 21.8 Å². The van der Waals surface area contributed by atoms with Gasteiger partial charge in [-0.3, -0.25) is 9.89 Å². The summed E-state index contributed by atoms with van der Waals surface area (Å²) in [5.41, 5.74) is 0.657. The second-order valence-corrected chi connectivity index (χ2v) is 6.53. The average molecular weight is 428 g/mol. The van der Waals surface area contributed by atoms with Crippen molar-refractivity contribution in [3.8, 4) is 11.5 Å². The number of benzene rings is 1. The maximum atomic E-state index is 12.9. The fourth-order valence-corrected chi connectivity index (χ4v) is 3.01. The van der Waals surface area contributed by atoms with Crippen molar-refractivity contribution in [3.05, 3.63) is 53.8 Å². The Labute approximate surface area is 169 Å². The van der Waals surface area contributed by atoms with Gasteiger partial charge in [-0.25, -0.2) is 15.0 Å². The lowest BCUT2D eigenvalue weighted by molar-refractivity contribution is -0.137. The quantitative estimate of drug-likeness (QED) is 0.400. The SMILES string of the molecule is O=C(NCc1cc(-c2nc3ccc(C(F)(F)F)cc3[nH]2)no1)c1ncnc2[nH]ncc12. The summed E-state index contributed by atoms with van der Waals surface area (Å²) in [4.78, 5) is 27.4. The van der Waals surface area contributed by atoms with Gasteiger partial charge in [0.15, 0.2) is 17.2 Å². The maximum Gasteiger partial charge on any atom is 0.416 e. The summed E-state index contributed by atoms with van der Waals surface area (Å²) in [7, 11) is 0. The van der Waals surface area contributed by atoms with E-state index < -0.39 is 17.6 Å². The number of nitrogens with one attached hydrogen (secondary N) is 3. The lowest BCUT2D eigenvalue weighted by Crippen LogP contribution is -2.23. The van der Waals surface area contributed by atoms with Crippen LogP contribution in [0.3, 0.4) is 0 Å². The smallest absolute Gasteiger partial charge is 0.359 e. The molecule has 0 bridgehead atoms. The molecular formula is C18H11F3N8O2. The van der Waals surface area contributed by atoms with Gasteiger partial charge in [-0.05, 0) is 18.2 Å². The molecule has 10 nitrogen and oxygen atoms in total. The Morgan fingerprint density at radius 2 is 2.06 bits per heavy atom. The van der Waals surface area contributed by atoms with Crippen LogP contribution in [0, 0.1) is 0 Å². The van der Waals surface area contributed by atoms with Crippen molar-refractivity contribution >= 4 is 28.0 Å². The van der Waals surface area contributed by atoms with Gasteiger partial charge in [-0.15, -0.1) is 0 Å². The van der Waals surface area contributed by atoms with Crippen molar-refractivity contribution < 1.29 is 22.5 Å². The van der Waals surface area contributed by atoms with Gasteiger partial charge in [0.25, 0.3) is 5.91 Å². The van der Waals surface area contributed by atoms with Gasteiger partial charge in [0, 0.05) is 6.07 Å². The highest BCUT2D eigenvalue weighted by Gasteiger charge is 2.30. The number of aromatic amines is 2. The summed E-state index contributed by atoms with van der Waals surface area (Å²) in [6.45, 7) is 0.00757. The zero-order chi connectivity index (χ0) is 21.6. The molecule has 31 heavy (non-hydrogen) atoms. The van der Waals surface area contributed by atoms with Gasteiger partial charge < -0.3 is 14.8 Å². The molecule has 0 aliphatic heterocycles. The monoisotopic (exact) mass is 428 g/mol. The summed E-state index contributed by atoms with van der Waals surface area (Å²) in [6.07, 6.45) is -1.76. The lowest BCUT2D eigenvalue weighted by atomic mass is 10.2. The van der Waals surface area contributed by atoms with Gasteiger partial charge in [0.05, 0.1) is 34.7 Å². The second-order valence-electron chi connectivity index (χ2n) is 6.53. The molecular weight excluding hydrogens is 417 g/mol. The summed E-state index contributed by atoms with van der Waals surface area (Å²) in [5.74, 6) is 0.0963. The van der Waals surface area contributed by atoms with Gasteiger partial charge in [0.1, 0.15) is 17.7 Å². The fourth-order valence-electron chi connectivity index (χ4n) is 3.01. The number of amides is 1. The zero-order valence-electron chi connectivity index (χ0n) is 15.4. The number of carbonyl (C=O) groups excluding carboxylic acids is 1. The van der Waals surface area contributed by atoms with Crippen molar-refractivity contribution in [1.82, 2.24) is 40.6 Å². The van der Waals surface area contributed by atoms with E-state index in [4.69, 9.17) is 4.52 Å². The van der Waals surface area contributed by atoms with Crippen LogP contribution in [0.25, 0.3) is 33.6 Å². The lowest BCUT2D eigenvalue weighted by Gasteiger charge is -2.05. The Bertz CT molecular complexity index is 1420. The first kappa shape index (κ1) is 18.7. The summed E-state index contributed by atoms with van der Waals surface area (Å²) in [6, 6.07) is 4.74. The maximum absolute atomic E-state index is 12.9. The topological polar surface area (TPSA) is 138 Å². The van der Waals surface area contributed by atoms with Crippen molar-refractivity contribution in [2.75, 3.05) is 0 Å². The molecule has 5 aromatic rings. The van der Waals surface area contributed by atoms with Gasteiger partial charge in [-0.1, -0.05) is 5.16 Å². The van der Waals surface area contributed by atoms with Crippen molar-refractivity contribution in [3.63, 3.8) is 0 Å². The van der Waals surface area contributed by atoms with E-state index in [1.807, 2.05) is 0 Å². The highest BCUT2D eigenvalue weighted by atomic mass is 19.4. The van der Waals surface area contributed by atoms with E-state index >= 15 is 0 Å². The first-order valence-electron chi connectivity index (χ1n) is 8.84. The van der Waals surface area contributed by atoms with E-state index in [-0.39, 0.29) is 29.3 Å². The number of imidazole rings is 1. The van der Waals surface area contributed by atoms with Crippen molar-refractivity contribution in [2.24, 2.45) is 0 Å². The van der Waals surface area contributed by atoms with E-state index in [0.29, 0.717) is 22.3 Å². The number of nitrogens with zero attached hydrogens (tertiary/aromatic N) is 5. The Kier molecular flexibility index (Phi) is 4.16. The minimum atomic E-state index is -4.45. The Morgan fingerprint density at radius 3 is 2.90 bits per heavy atom. The number of rotatable bonds is 4. The molecule has 1 aromatic carbocycles. The van der Waals surface area contributed by atoms with Gasteiger partial charge >= 0.3 is 6.18 Å². The molecule has 0 radical (unpaired) electrons. The van der Waals surface area contributed by atoms with Gasteiger partial charge in [-0.2, -0.15) is 18.3 Å². The van der Waals surface area contributed by atoms with E-state index in [1.54, 1.807) is 0 Å². The van der Waals surface area contributed by atoms with Crippen molar-refractivity contribution in [2.45, 2.75) is 12.7 Å². The zero-order valence-corrected chi connectivity index (χ0v) is 15.4. The molecule has 0 spiro atoms. The number of hydrogen-bond acceptors (Lipinski definition) is 7. The van der Waals surface area contributed by atoms with Crippen LogP contribution in [0.5, 0.6) is 0 Å². The second kappa shape index (κ2) is 6.90. The molecule has 13 heteroatoms. The molecule has 1 amide bonds. The van der Waals surface area contributed by atoms with Crippen LogP contribution >= 0.6 is 0 Å². The molecule has 0 atom stereocenters. The number of carbonyl (C=O) groups is 1. The predicted molar refractivity (Wildman–Crippen MR) is 99.4 cm³/mol. The highest BCUT2D eigenvalue weighted by molar-refractivity contribution is 6.03. The number of alkyl halides is 3. The normalized spacial score (nSPS) is 12.0. The Hall–Kier alpha value is -4.29. The third-order valence-electron chi connectivity index (χ3n) is 4.50. The molecule has 4 aromatic heterocycles. The highest BCUT2D eigenvalue weighted by Crippen LogP contribution is 2.31. The van der Waals surface area contributed by atoms with E-state index in [2.05, 4.69) is 40.6 Å². The molecule has 5 rings (SSSR count). The summed E-state index contributed by atoms with van der Waals surface area (Å²) in [5, 5.41) is 13.5. The Morgan fingerprint density at radius 1 is 1.19 bits per heavy atom. The van der Waals surface area contributed by atoms with Crippen LogP contribution in [0.2, 0.25) is 0 Å². The molecule has 0 unspecified atom stereocenters. The predicted octanol–water partition coefficient (Wildman–Crippen LogP) is 2.83. The number of fused-ring (bicyclic) bond motifs is 2. The molecule has 0 saturated heterocycles. The molecule has 0 aliphatic carbocycles. The molecule has 3 N–H and O–H groups in total. The van der Waals surface area contributed by atoms with Crippen molar-refractivity contribution in [1.29, 1.82) is 0 Å². The van der Waals surface area contributed by atoms with E-state index in [0.717, 1.165) is 12.1 Å². The third-order valence-corrected chi connectivity index (χ3v) is 4.50. The van der Waals surface area contributed by atoms with Crippen LogP contribution in [-0.2, 0) is 12.7 Å². The molecule has 0 saturated carbocycles. The van der Waals surface area contributed by atoms with Crippen LogP contribution in [0.15, 0.2) is 41.3 Å². The number of aromatic nitrogens is 7. The third kappa shape index (κ3) is 3.45. The fraction of sp³-hybridized carbons (Fsp3) is 0.111.